The molecule has 0 aliphatic heterocycles. The smallest absolute Gasteiger partial charge is 0.357 e. The van der Waals surface area contributed by atoms with E-state index in [1.807, 2.05) is 6.07 Å². The Morgan fingerprint density at radius 1 is 1.56 bits per heavy atom. The second kappa shape index (κ2) is 5.36. The normalized spacial score (nSPS) is 10.1. The zero-order valence-electron chi connectivity index (χ0n) is 9.31. The molecule has 1 aromatic heterocycles. The Balaban J connectivity index is 2.33. The number of carboxylic acid groups (broad SMARTS) is 1. The molecule has 0 bridgehead atoms. The van der Waals surface area contributed by atoms with E-state index in [-0.39, 0.29) is 5.69 Å². The number of anilines is 2. The fourth-order valence-electron chi connectivity index (χ4n) is 1.34. The van der Waals surface area contributed by atoms with Crippen LogP contribution in [0.5, 0.6) is 5.75 Å². The van der Waals surface area contributed by atoms with E-state index in [0.717, 1.165) is 10.2 Å². The average molecular weight is 329 g/mol. The van der Waals surface area contributed by atoms with Gasteiger partial charge in [0.05, 0.1) is 18.3 Å². The molecule has 0 unspecified atom stereocenters. The zero-order chi connectivity index (χ0) is 13.1. The highest BCUT2D eigenvalue weighted by molar-refractivity contribution is 9.10. The quantitative estimate of drug-likeness (QED) is 0.900. The van der Waals surface area contributed by atoms with Crippen molar-refractivity contribution in [1.82, 2.24) is 4.98 Å². The van der Waals surface area contributed by atoms with Gasteiger partial charge in [-0.15, -0.1) is 11.3 Å². The number of nitrogens with one attached hydrogen (secondary N) is 1. The number of halogens is 1. The first-order chi connectivity index (χ1) is 8.61. The van der Waals surface area contributed by atoms with Crippen LogP contribution in [0, 0.1) is 0 Å². The standard InChI is InChI=1S/C11H9BrN2O3S/c1-17-6-2-3-7(12)8(4-6)14-10-9(11(15)16)13-5-18-10/h2-5,14H,1H3,(H,15,16). The van der Waals surface area contributed by atoms with E-state index >= 15 is 0 Å². The lowest BCUT2D eigenvalue weighted by atomic mass is 10.3. The number of ether oxygens (including phenoxy) is 1. The highest BCUT2D eigenvalue weighted by atomic mass is 79.9. The van der Waals surface area contributed by atoms with Gasteiger partial charge in [-0.1, -0.05) is 0 Å². The molecule has 94 valence electrons. The predicted octanol–water partition coefficient (Wildman–Crippen LogP) is 3.36. The number of rotatable bonds is 4. The first-order valence-electron chi connectivity index (χ1n) is 4.89. The third kappa shape index (κ3) is 2.62. The minimum Gasteiger partial charge on any atom is -0.497 e. The van der Waals surface area contributed by atoms with E-state index in [9.17, 15) is 4.79 Å². The Bertz CT molecular complexity index is 585. The van der Waals surface area contributed by atoms with Gasteiger partial charge in [0.25, 0.3) is 0 Å². The third-order valence-corrected chi connectivity index (χ3v) is 3.63. The van der Waals surface area contributed by atoms with Crippen molar-refractivity contribution in [2.45, 2.75) is 0 Å². The molecule has 0 spiro atoms. The van der Waals surface area contributed by atoms with Crippen molar-refractivity contribution < 1.29 is 14.6 Å². The van der Waals surface area contributed by atoms with Crippen molar-refractivity contribution in [2.75, 3.05) is 12.4 Å². The van der Waals surface area contributed by atoms with Crippen molar-refractivity contribution >= 4 is 43.9 Å². The highest BCUT2D eigenvalue weighted by Crippen LogP contribution is 2.32. The number of carboxylic acids is 1. The molecule has 0 saturated carbocycles. The van der Waals surface area contributed by atoms with Gasteiger partial charge in [0.15, 0.2) is 5.69 Å². The third-order valence-electron chi connectivity index (χ3n) is 2.19. The number of methoxy groups -OCH3 is 1. The average Bonchev–Trinajstić information content (AvgIpc) is 2.80. The summed E-state index contributed by atoms with van der Waals surface area (Å²) in [6, 6.07) is 5.40. The molecular weight excluding hydrogens is 320 g/mol. The van der Waals surface area contributed by atoms with Gasteiger partial charge in [-0.25, -0.2) is 9.78 Å². The summed E-state index contributed by atoms with van der Waals surface area (Å²) in [5, 5.41) is 12.5. The van der Waals surface area contributed by atoms with Crippen LogP contribution in [0.15, 0.2) is 28.2 Å². The molecule has 0 aliphatic carbocycles. The summed E-state index contributed by atoms with van der Waals surface area (Å²) in [6.45, 7) is 0. The molecule has 0 atom stereocenters. The van der Waals surface area contributed by atoms with Gasteiger partial charge in [-0.05, 0) is 28.1 Å². The number of benzene rings is 1. The van der Waals surface area contributed by atoms with E-state index in [4.69, 9.17) is 9.84 Å². The van der Waals surface area contributed by atoms with Crippen LogP contribution in [0.1, 0.15) is 10.5 Å². The molecule has 0 fully saturated rings. The van der Waals surface area contributed by atoms with Gasteiger partial charge in [-0.2, -0.15) is 0 Å². The van der Waals surface area contributed by atoms with Crippen molar-refractivity contribution in [2.24, 2.45) is 0 Å². The number of hydrogen-bond acceptors (Lipinski definition) is 5. The lowest BCUT2D eigenvalue weighted by Crippen LogP contribution is -2.01. The Labute approximate surface area is 116 Å². The van der Waals surface area contributed by atoms with Crippen molar-refractivity contribution in [3.05, 3.63) is 33.9 Å². The lowest BCUT2D eigenvalue weighted by molar-refractivity contribution is 0.0692. The highest BCUT2D eigenvalue weighted by Gasteiger charge is 2.14. The summed E-state index contributed by atoms with van der Waals surface area (Å²) in [5.41, 5.74) is 2.22. The maximum absolute atomic E-state index is 10.9. The molecule has 0 amide bonds. The van der Waals surface area contributed by atoms with E-state index < -0.39 is 5.97 Å². The Morgan fingerprint density at radius 2 is 2.33 bits per heavy atom. The van der Waals surface area contributed by atoms with Crippen molar-refractivity contribution in [3.8, 4) is 5.75 Å². The number of carbonyl (C=O) groups is 1. The molecule has 18 heavy (non-hydrogen) atoms. The van der Waals surface area contributed by atoms with Gasteiger partial charge >= 0.3 is 5.97 Å². The minimum absolute atomic E-state index is 0.00900. The van der Waals surface area contributed by atoms with E-state index in [0.29, 0.717) is 10.8 Å². The summed E-state index contributed by atoms with van der Waals surface area (Å²) < 4.78 is 5.93. The first kappa shape index (κ1) is 12.8. The molecule has 1 heterocycles. The molecule has 5 nitrogen and oxygen atoms in total. The molecule has 1 aromatic carbocycles. The molecule has 0 radical (unpaired) electrons. The Kier molecular flexibility index (Phi) is 3.83. The zero-order valence-corrected chi connectivity index (χ0v) is 11.7. The number of nitrogens with zero attached hydrogens (tertiary/aromatic N) is 1. The van der Waals surface area contributed by atoms with Crippen LogP contribution in [0.4, 0.5) is 10.7 Å². The van der Waals surface area contributed by atoms with Gasteiger partial charge < -0.3 is 15.2 Å². The number of aromatic nitrogens is 1. The van der Waals surface area contributed by atoms with Crippen LogP contribution in [0.3, 0.4) is 0 Å². The topological polar surface area (TPSA) is 71.5 Å². The monoisotopic (exact) mass is 328 g/mol. The fraction of sp³-hybridized carbons (Fsp3) is 0.0909. The molecule has 0 aliphatic rings. The first-order valence-corrected chi connectivity index (χ1v) is 6.56. The van der Waals surface area contributed by atoms with Gasteiger partial charge in [0, 0.05) is 10.5 Å². The van der Waals surface area contributed by atoms with Gasteiger partial charge in [0.1, 0.15) is 10.8 Å². The molecule has 0 saturated heterocycles. The second-order valence-electron chi connectivity index (χ2n) is 3.31. The fourth-order valence-corrected chi connectivity index (χ4v) is 2.37. The van der Waals surface area contributed by atoms with Crippen LogP contribution in [0.25, 0.3) is 0 Å². The lowest BCUT2D eigenvalue weighted by Gasteiger charge is -2.09. The second-order valence-corrected chi connectivity index (χ2v) is 5.02. The summed E-state index contributed by atoms with van der Waals surface area (Å²) in [7, 11) is 1.57. The van der Waals surface area contributed by atoms with Crippen LogP contribution in [0.2, 0.25) is 0 Å². The predicted molar refractivity (Wildman–Crippen MR) is 73.1 cm³/mol. The van der Waals surface area contributed by atoms with E-state index in [1.54, 1.807) is 19.2 Å². The number of hydrogen-bond donors (Lipinski definition) is 2. The van der Waals surface area contributed by atoms with E-state index in [2.05, 4.69) is 26.2 Å². The van der Waals surface area contributed by atoms with Gasteiger partial charge in [-0.3, -0.25) is 0 Å². The largest absolute Gasteiger partial charge is 0.497 e. The maximum atomic E-state index is 10.9. The van der Waals surface area contributed by atoms with Crippen LogP contribution < -0.4 is 10.1 Å². The Hall–Kier alpha value is -1.60. The summed E-state index contributed by atoms with van der Waals surface area (Å²) >= 11 is 4.62. The summed E-state index contributed by atoms with van der Waals surface area (Å²) in [4.78, 5) is 14.7. The molecule has 2 rings (SSSR count). The summed E-state index contributed by atoms with van der Waals surface area (Å²) in [6.07, 6.45) is 0. The molecule has 2 aromatic rings. The SMILES string of the molecule is COc1ccc(Br)c(Nc2scnc2C(=O)O)c1. The number of thiazole rings is 1. The van der Waals surface area contributed by atoms with E-state index in [1.165, 1.54) is 16.8 Å². The van der Waals surface area contributed by atoms with Crippen LogP contribution in [-0.4, -0.2) is 23.2 Å². The summed E-state index contributed by atoms with van der Waals surface area (Å²) in [5.74, 6) is -0.375. The molecular formula is C11H9BrN2O3S. The van der Waals surface area contributed by atoms with Crippen molar-refractivity contribution in [3.63, 3.8) is 0 Å². The molecule has 7 heteroatoms. The van der Waals surface area contributed by atoms with Crippen LogP contribution in [-0.2, 0) is 0 Å². The maximum Gasteiger partial charge on any atom is 0.357 e. The van der Waals surface area contributed by atoms with Crippen LogP contribution >= 0.6 is 27.3 Å². The minimum atomic E-state index is -1.06. The van der Waals surface area contributed by atoms with Crippen molar-refractivity contribution in [1.29, 1.82) is 0 Å². The molecule has 2 N–H and O–H groups in total. The van der Waals surface area contributed by atoms with Gasteiger partial charge in [0.2, 0.25) is 0 Å². The number of aromatic carboxylic acids is 1. The Morgan fingerprint density at radius 3 is 3.00 bits per heavy atom.